The number of carbonyl (C=O) groups is 1. The molecule has 1 fully saturated rings. The highest BCUT2D eigenvalue weighted by Crippen LogP contribution is 2.23. The molecule has 3 nitrogen and oxygen atoms in total. The van der Waals surface area contributed by atoms with Crippen LogP contribution in [0.15, 0.2) is 30.3 Å². The molecule has 0 spiro atoms. The van der Waals surface area contributed by atoms with Crippen LogP contribution in [0.4, 0.5) is 0 Å². The van der Waals surface area contributed by atoms with Crippen molar-refractivity contribution in [2.24, 2.45) is 0 Å². The minimum absolute atomic E-state index is 0.137. The zero-order valence-electron chi connectivity index (χ0n) is 10.1. The molecule has 1 heterocycles. The molecule has 1 atom stereocenters. The number of hydrogen-bond donors (Lipinski definition) is 0. The van der Waals surface area contributed by atoms with E-state index in [0.717, 1.165) is 18.4 Å². The normalized spacial score (nSPS) is 23.6. The average molecular weight is 236 g/mol. The second kappa shape index (κ2) is 5.32. The molecule has 1 aromatic carbocycles. The summed E-state index contributed by atoms with van der Waals surface area (Å²) in [6.07, 6.45) is 1.96. The van der Waals surface area contributed by atoms with E-state index in [0.29, 0.717) is 19.6 Å². The van der Waals surface area contributed by atoms with E-state index < -0.39 is 5.60 Å². The lowest BCUT2D eigenvalue weighted by Gasteiger charge is -2.22. The van der Waals surface area contributed by atoms with E-state index in [-0.39, 0.29) is 5.97 Å². The number of esters is 1. The Labute approximate surface area is 102 Å². The third kappa shape index (κ3) is 3.56. The van der Waals surface area contributed by atoms with E-state index >= 15 is 0 Å². The summed E-state index contributed by atoms with van der Waals surface area (Å²) in [6, 6.07) is 9.97. The van der Waals surface area contributed by atoms with Gasteiger partial charge >= 0.3 is 5.97 Å². The lowest BCUT2D eigenvalue weighted by molar-refractivity contribution is -0.157. The summed E-state index contributed by atoms with van der Waals surface area (Å²) in [4.78, 5) is 11.7. The van der Waals surface area contributed by atoms with Gasteiger partial charge in [-0.05, 0) is 18.9 Å². The molecule has 0 bridgehead atoms. The first-order valence-corrected chi connectivity index (χ1v) is 6.01. The molecule has 0 N–H and O–H groups in total. The van der Waals surface area contributed by atoms with Gasteiger partial charge in [0, 0.05) is 12.8 Å². The average Bonchev–Trinajstić information content (AvgIpc) is 2.74. The Kier molecular flexibility index (Phi) is 3.79. The van der Waals surface area contributed by atoms with Crippen LogP contribution in [-0.2, 0) is 20.7 Å². The molecule has 0 saturated carbocycles. The first-order valence-electron chi connectivity index (χ1n) is 6.01. The van der Waals surface area contributed by atoms with Gasteiger partial charge in [0.15, 0.2) is 0 Å². The molecule has 0 radical (unpaired) electrons. The van der Waals surface area contributed by atoms with Crippen LogP contribution in [-0.4, -0.2) is 24.8 Å². The van der Waals surface area contributed by atoms with Crippen molar-refractivity contribution in [2.45, 2.75) is 31.8 Å². The molecular formula is C14H18O3. The number of benzene rings is 1. The smallest absolute Gasteiger partial charge is 0.306 e. The topological polar surface area (TPSA) is 35.5 Å². The number of ether oxygens (including phenoxy) is 2. The van der Waals surface area contributed by atoms with Gasteiger partial charge in [0.05, 0.1) is 13.2 Å². The molecule has 3 heteroatoms. The van der Waals surface area contributed by atoms with Crippen molar-refractivity contribution in [2.75, 3.05) is 13.2 Å². The molecule has 1 aromatic rings. The van der Waals surface area contributed by atoms with Gasteiger partial charge in [-0.25, -0.2) is 0 Å². The fraction of sp³-hybridized carbons (Fsp3) is 0.500. The Morgan fingerprint density at radius 3 is 2.82 bits per heavy atom. The van der Waals surface area contributed by atoms with Gasteiger partial charge in [0.2, 0.25) is 0 Å². The highest BCUT2D eigenvalue weighted by molar-refractivity contribution is 5.70. The van der Waals surface area contributed by atoms with Crippen molar-refractivity contribution < 1.29 is 14.3 Å². The Balaban J connectivity index is 1.78. The van der Waals surface area contributed by atoms with E-state index in [1.807, 2.05) is 37.3 Å². The Morgan fingerprint density at radius 1 is 1.41 bits per heavy atom. The fourth-order valence-electron chi connectivity index (χ4n) is 1.95. The summed E-state index contributed by atoms with van der Waals surface area (Å²) in [5.74, 6) is -0.137. The van der Waals surface area contributed by atoms with Crippen LogP contribution in [0.1, 0.15) is 25.3 Å². The molecule has 1 aliphatic rings. The van der Waals surface area contributed by atoms with Gasteiger partial charge in [-0.3, -0.25) is 4.79 Å². The monoisotopic (exact) mass is 236 g/mol. The molecule has 0 amide bonds. The third-order valence-electron chi connectivity index (χ3n) is 3.00. The van der Waals surface area contributed by atoms with Crippen molar-refractivity contribution in [3.05, 3.63) is 35.9 Å². The van der Waals surface area contributed by atoms with Gasteiger partial charge in [-0.15, -0.1) is 0 Å². The standard InChI is InChI=1S/C14H18O3/c1-14(9-10-16-11-14)17-13(15)8-7-12-5-3-2-4-6-12/h2-6H,7-11H2,1H3/i16+2. The van der Waals surface area contributed by atoms with E-state index in [2.05, 4.69) is 0 Å². The van der Waals surface area contributed by atoms with Crippen molar-refractivity contribution in [1.82, 2.24) is 0 Å². The highest BCUT2D eigenvalue weighted by Gasteiger charge is 2.33. The molecule has 2 rings (SSSR count). The Bertz CT molecular complexity index is 366. The predicted molar refractivity (Wildman–Crippen MR) is 64.7 cm³/mol. The summed E-state index contributed by atoms with van der Waals surface area (Å²) in [6.45, 7) is 3.13. The van der Waals surface area contributed by atoms with Crippen LogP contribution < -0.4 is 0 Å². The largest absolute Gasteiger partial charge is 0.457 e. The van der Waals surface area contributed by atoms with Crippen LogP contribution in [0.5, 0.6) is 0 Å². The summed E-state index contributed by atoms with van der Waals surface area (Å²) in [5.41, 5.74) is 0.755. The molecular weight excluding hydrogens is 218 g/mol. The second-order valence-corrected chi connectivity index (χ2v) is 4.71. The number of aryl methyl sites for hydroxylation is 1. The first-order chi connectivity index (χ1) is 8.18. The zero-order chi connectivity index (χ0) is 12.1. The fourth-order valence-corrected chi connectivity index (χ4v) is 1.95. The SMILES string of the molecule is CC1(OC(=O)CCc2ccccc2)CC[18O]C1. The summed E-state index contributed by atoms with van der Waals surface area (Å²) in [7, 11) is 0. The summed E-state index contributed by atoms with van der Waals surface area (Å²) in [5, 5.41) is 0. The van der Waals surface area contributed by atoms with Gasteiger partial charge in [-0.2, -0.15) is 0 Å². The van der Waals surface area contributed by atoms with Gasteiger partial charge < -0.3 is 9.47 Å². The van der Waals surface area contributed by atoms with Crippen molar-refractivity contribution >= 4 is 5.97 Å². The molecule has 1 unspecified atom stereocenters. The van der Waals surface area contributed by atoms with Crippen molar-refractivity contribution in [3.8, 4) is 0 Å². The maximum atomic E-state index is 11.7. The maximum absolute atomic E-state index is 11.7. The number of carbonyl (C=O) groups excluding carboxylic acids is 1. The number of rotatable bonds is 4. The Morgan fingerprint density at radius 2 is 2.18 bits per heavy atom. The molecule has 92 valence electrons. The Hall–Kier alpha value is -1.35. The molecule has 0 aliphatic carbocycles. The maximum Gasteiger partial charge on any atom is 0.306 e. The first kappa shape index (κ1) is 12.1. The summed E-state index contributed by atoms with van der Waals surface area (Å²) >= 11 is 0. The molecule has 1 saturated heterocycles. The van der Waals surface area contributed by atoms with Gasteiger partial charge in [0.1, 0.15) is 5.60 Å². The molecule has 0 aromatic heterocycles. The predicted octanol–water partition coefficient (Wildman–Crippen LogP) is 2.34. The minimum atomic E-state index is -0.409. The quantitative estimate of drug-likeness (QED) is 0.594. The number of hydrogen-bond acceptors (Lipinski definition) is 3. The zero-order valence-corrected chi connectivity index (χ0v) is 10.1. The van der Waals surface area contributed by atoms with Crippen LogP contribution in [0, 0.1) is 0 Å². The second-order valence-electron chi connectivity index (χ2n) is 4.71. The van der Waals surface area contributed by atoms with Crippen LogP contribution in [0.25, 0.3) is 0 Å². The molecule has 17 heavy (non-hydrogen) atoms. The van der Waals surface area contributed by atoms with E-state index in [1.165, 1.54) is 0 Å². The lowest BCUT2D eigenvalue weighted by atomic mass is 10.1. The minimum Gasteiger partial charge on any atom is -0.457 e. The van der Waals surface area contributed by atoms with Crippen molar-refractivity contribution in [1.29, 1.82) is 0 Å². The highest BCUT2D eigenvalue weighted by atomic mass is 18.3. The van der Waals surface area contributed by atoms with Crippen LogP contribution in [0.3, 0.4) is 0 Å². The van der Waals surface area contributed by atoms with Crippen LogP contribution >= 0.6 is 0 Å². The van der Waals surface area contributed by atoms with Crippen LogP contribution in [0.2, 0.25) is 0 Å². The van der Waals surface area contributed by atoms with Gasteiger partial charge in [0.25, 0.3) is 0 Å². The lowest BCUT2D eigenvalue weighted by Crippen LogP contribution is -2.32. The van der Waals surface area contributed by atoms with E-state index in [1.54, 1.807) is 0 Å². The van der Waals surface area contributed by atoms with Gasteiger partial charge in [-0.1, -0.05) is 30.3 Å². The van der Waals surface area contributed by atoms with E-state index in [4.69, 9.17) is 9.47 Å². The third-order valence-corrected chi connectivity index (χ3v) is 3.00. The van der Waals surface area contributed by atoms with E-state index in [9.17, 15) is 4.79 Å². The summed E-state index contributed by atoms with van der Waals surface area (Å²) < 4.78 is 10.7. The molecule has 1 aliphatic heterocycles. The van der Waals surface area contributed by atoms with Crippen molar-refractivity contribution in [3.63, 3.8) is 0 Å².